The van der Waals surface area contributed by atoms with Gasteiger partial charge in [0.15, 0.2) is 5.76 Å². The fourth-order valence-electron chi connectivity index (χ4n) is 2.57. The quantitative estimate of drug-likeness (QED) is 0.849. The van der Waals surface area contributed by atoms with E-state index >= 15 is 0 Å². The number of piperidine rings is 1. The number of nitrogens with zero attached hydrogens (tertiary/aromatic N) is 2. The fourth-order valence-corrected chi connectivity index (χ4v) is 4.33. The average molecular weight is 302 g/mol. The lowest BCUT2D eigenvalue weighted by atomic mass is 10.1. The Kier molecular flexibility index (Phi) is 4.51. The van der Waals surface area contributed by atoms with E-state index in [1.165, 1.54) is 4.31 Å². The Balaban J connectivity index is 2.10. The molecule has 0 aliphatic carbocycles. The van der Waals surface area contributed by atoms with Crippen LogP contribution in [0.3, 0.4) is 0 Å². The molecule has 1 fully saturated rings. The lowest BCUT2D eigenvalue weighted by molar-refractivity contribution is -0.0168. The summed E-state index contributed by atoms with van der Waals surface area (Å²) in [7, 11) is -3.51. The highest BCUT2D eigenvalue weighted by atomic mass is 32.2. The Bertz CT molecular complexity index is 537. The zero-order chi connectivity index (χ0) is 14.9. The number of aromatic nitrogens is 1. The highest BCUT2D eigenvalue weighted by Gasteiger charge is 2.34. The molecule has 0 aromatic carbocycles. The third-order valence-corrected chi connectivity index (χ3v) is 5.58. The van der Waals surface area contributed by atoms with Gasteiger partial charge in [-0.15, -0.1) is 0 Å². The SMILES string of the molecule is Cc1noc(C)c1S(=O)(=O)N1CCC(OC(C)C)CC1. The predicted molar refractivity (Wildman–Crippen MR) is 74.0 cm³/mol. The van der Waals surface area contributed by atoms with Gasteiger partial charge in [0.25, 0.3) is 0 Å². The van der Waals surface area contributed by atoms with Crippen LogP contribution in [-0.4, -0.2) is 43.2 Å². The molecule has 2 heterocycles. The van der Waals surface area contributed by atoms with Crippen molar-refractivity contribution >= 4 is 10.0 Å². The molecule has 2 rings (SSSR count). The van der Waals surface area contributed by atoms with Gasteiger partial charge in [-0.2, -0.15) is 4.31 Å². The van der Waals surface area contributed by atoms with Crippen molar-refractivity contribution in [3.63, 3.8) is 0 Å². The Morgan fingerprint density at radius 1 is 1.30 bits per heavy atom. The molecule has 0 atom stereocenters. The molecule has 0 unspecified atom stereocenters. The van der Waals surface area contributed by atoms with Gasteiger partial charge in [-0.1, -0.05) is 5.16 Å². The molecule has 1 aromatic rings. The van der Waals surface area contributed by atoms with Crippen molar-refractivity contribution in [2.24, 2.45) is 0 Å². The van der Waals surface area contributed by atoms with E-state index in [0.717, 1.165) is 12.8 Å². The van der Waals surface area contributed by atoms with Gasteiger partial charge in [0.05, 0.1) is 12.2 Å². The molecule has 0 saturated carbocycles. The van der Waals surface area contributed by atoms with E-state index in [-0.39, 0.29) is 17.1 Å². The van der Waals surface area contributed by atoms with Crippen LogP contribution in [0.15, 0.2) is 9.42 Å². The molecule has 1 aliphatic rings. The van der Waals surface area contributed by atoms with E-state index in [9.17, 15) is 8.42 Å². The molecular weight excluding hydrogens is 280 g/mol. The van der Waals surface area contributed by atoms with Crippen LogP contribution in [0, 0.1) is 13.8 Å². The zero-order valence-corrected chi connectivity index (χ0v) is 13.2. The first-order valence-electron chi connectivity index (χ1n) is 6.91. The Morgan fingerprint density at radius 3 is 2.35 bits per heavy atom. The molecule has 20 heavy (non-hydrogen) atoms. The van der Waals surface area contributed by atoms with Crippen LogP contribution in [0.25, 0.3) is 0 Å². The normalized spacial score (nSPS) is 18.9. The van der Waals surface area contributed by atoms with E-state index in [1.54, 1.807) is 13.8 Å². The molecule has 0 N–H and O–H groups in total. The second kappa shape index (κ2) is 5.83. The minimum atomic E-state index is -3.51. The average Bonchev–Trinajstić information content (AvgIpc) is 2.69. The summed E-state index contributed by atoms with van der Waals surface area (Å²) < 4.78 is 37.4. The molecule has 6 nitrogen and oxygen atoms in total. The summed E-state index contributed by atoms with van der Waals surface area (Å²) >= 11 is 0. The summed E-state index contributed by atoms with van der Waals surface area (Å²) in [5, 5.41) is 3.73. The van der Waals surface area contributed by atoms with Crippen LogP contribution in [0.1, 0.15) is 38.1 Å². The monoisotopic (exact) mass is 302 g/mol. The van der Waals surface area contributed by atoms with Crippen molar-refractivity contribution in [3.05, 3.63) is 11.5 Å². The maximum absolute atomic E-state index is 12.6. The fraction of sp³-hybridized carbons (Fsp3) is 0.769. The molecule has 1 aliphatic heterocycles. The van der Waals surface area contributed by atoms with E-state index in [1.807, 2.05) is 13.8 Å². The van der Waals surface area contributed by atoms with Crippen molar-refractivity contribution in [1.29, 1.82) is 0 Å². The van der Waals surface area contributed by atoms with Crippen molar-refractivity contribution in [3.8, 4) is 0 Å². The number of hydrogen-bond donors (Lipinski definition) is 0. The van der Waals surface area contributed by atoms with Gasteiger partial charge < -0.3 is 9.26 Å². The minimum Gasteiger partial charge on any atom is -0.375 e. The molecule has 114 valence electrons. The van der Waals surface area contributed by atoms with Gasteiger partial charge in [-0.25, -0.2) is 8.42 Å². The summed E-state index contributed by atoms with van der Waals surface area (Å²) in [5.74, 6) is 0.350. The van der Waals surface area contributed by atoms with Crippen LogP contribution in [0.5, 0.6) is 0 Å². The first-order valence-corrected chi connectivity index (χ1v) is 8.35. The summed E-state index contributed by atoms with van der Waals surface area (Å²) in [4.78, 5) is 0.209. The molecule has 1 saturated heterocycles. The van der Waals surface area contributed by atoms with Crippen molar-refractivity contribution in [2.45, 2.75) is 57.6 Å². The van der Waals surface area contributed by atoms with Gasteiger partial charge in [0.1, 0.15) is 10.6 Å². The van der Waals surface area contributed by atoms with E-state index in [4.69, 9.17) is 9.26 Å². The first kappa shape index (κ1) is 15.5. The Labute approximate surface area is 120 Å². The topological polar surface area (TPSA) is 72.6 Å². The van der Waals surface area contributed by atoms with E-state index in [0.29, 0.717) is 24.5 Å². The highest BCUT2D eigenvalue weighted by Crippen LogP contribution is 2.26. The molecule has 0 radical (unpaired) electrons. The smallest absolute Gasteiger partial charge is 0.248 e. The molecular formula is C13H22N2O4S. The molecule has 0 spiro atoms. The second-order valence-electron chi connectivity index (χ2n) is 5.44. The van der Waals surface area contributed by atoms with Crippen LogP contribution in [-0.2, 0) is 14.8 Å². The maximum Gasteiger partial charge on any atom is 0.248 e. The van der Waals surface area contributed by atoms with Crippen molar-refractivity contribution in [1.82, 2.24) is 9.46 Å². The molecule has 0 bridgehead atoms. The first-order chi connectivity index (χ1) is 9.32. The highest BCUT2D eigenvalue weighted by molar-refractivity contribution is 7.89. The van der Waals surface area contributed by atoms with Crippen LogP contribution in [0.2, 0.25) is 0 Å². The standard InChI is InChI=1S/C13H22N2O4S/c1-9(2)18-12-5-7-15(8-6-12)20(16,17)13-10(3)14-19-11(13)4/h9,12H,5-8H2,1-4H3. The molecule has 7 heteroatoms. The van der Waals surface area contributed by atoms with Gasteiger partial charge in [-0.05, 0) is 40.5 Å². The number of hydrogen-bond acceptors (Lipinski definition) is 5. The minimum absolute atomic E-state index is 0.145. The summed E-state index contributed by atoms with van der Waals surface area (Å²) in [6, 6.07) is 0. The van der Waals surface area contributed by atoms with Crippen molar-refractivity contribution < 1.29 is 17.7 Å². The van der Waals surface area contributed by atoms with Crippen molar-refractivity contribution in [2.75, 3.05) is 13.1 Å². The van der Waals surface area contributed by atoms with Gasteiger partial charge in [-0.3, -0.25) is 0 Å². The number of aryl methyl sites for hydroxylation is 2. The van der Waals surface area contributed by atoms with Gasteiger partial charge >= 0.3 is 0 Å². The Morgan fingerprint density at radius 2 is 1.90 bits per heavy atom. The lowest BCUT2D eigenvalue weighted by Crippen LogP contribution is -2.41. The lowest BCUT2D eigenvalue weighted by Gasteiger charge is -2.31. The zero-order valence-electron chi connectivity index (χ0n) is 12.4. The maximum atomic E-state index is 12.6. The second-order valence-corrected chi connectivity index (χ2v) is 7.32. The van der Waals surface area contributed by atoms with E-state index < -0.39 is 10.0 Å². The third kappa shape index (κ3) is 3.05. The predicted octanol–water partition coefficient (Wildman–Crippen LogP) is 1.87. The number of ether oxygens (including phenoxy) is 1. The van der Waals surface area contributed by atoms with Crippen LogP contribution >= 0.6 is 0 Å². The largest absolute Gasteiger partial charge is 0.375 e. The summed E-state index contributed by atoms with van der Waals surface area (Å²) in [6.45, 7) is 8.22. The van der Waals surface area contributed by atoms with Crippen LogP contribution in [0.4, 0.5) is 0 Å². The third-order valence-electron chi connectivity index (χ3n) is 3.43. The summed E-state index contributed by atoms with van der Waals surface area (Å²) in [5.41, 5.74) is 0.419. The van der Waals surface area contributed by atoms with E-state index in [2.05, 4.69) is 5.16 Å². The number of sulfonamides is 1. The van der Waals surface area contributed by atoms with Gasteiger partial charge in [0, 0.05) is 13.1 Å². The van der Waals surface area contributed by atoms with Crippen LogP contribution < -0.4 is 0 Å². The summed E-state index contributed by atoms with van der Waals surface area (Å²) in [6.07, 6.45) is 1.76. The van der Waals surface area contributed by atoms with Gasteiger partial charge in [0.2, 0.25) is 10.0 Å². The molecule has 1 aromatic heterocycles. The molecule has 0 amide bonds. The Hall–Kier alpha value is -0.920. The number of rotatable bonds is 4.